The minimum Gasteiger partial charge on any atom is -0.454 e. The Hall–Kier alpha value is -3.34. The summed E-state index contributed by atoms with van der Waals surface area (Å²) in [6, 6.07) is 10.1. The smallest absolute Gasteiger partial charge is 0.242 e. The second kappa shape index (κ2) is 12.3. The molecule has 37 heavy (non-hydrogen) atoms. The zero-order valence-electron chi connectivity index (χ0n) is 21.6. The SMILES string of the molecule is CC(C)CNC(=O)C(C)N(Cc1ccccc1F)C(=O)CCCN(c1ccc2c(c1)OCO2)S(C)(=O)=O. The van der Waals surface area contributed by atoms with Crippen LogP contribution in [0.15, 0.2) is 42.5 Å². The van der Waals surface area contributed by atoms with Crippen LogP contribution in [-0.2, 0) is 26.2 Å². The Kier molecular flexibility index (Phi) is 9.36. The molecule has 202 valence electrons. The van der Waals surface area contributed by atoms with Gasteiger partial charge in [-0.15, -0.1) is 0 Å². The molecule has 1 N–H and O–H groups in total. The first-order valence-electron chi connectivity index (χ1n) is 12.1. The van der Waals surface area contributed by atoms with Crippen molar-refractivity contribution in [2.45, 2.75) is 46.2 Å². The highest BCUT2D eigenvalue weighted by atomic mass is 32.2. The molecule has 1 unspecified atom stereocenters. The molecule has 1 aliphatic rings. The molecule has 0 bridgehead atoms. The standard InChI is InChI=1S/C26H34FN3O6S/c1-18(2)15-28-26(32)19(3)29(16-20-8-5-6-9-22(20)27)25(31)10-7-13-30(37(4,33)34)21-11-12-23-24(14-21)36-17-35-23/h5-6,8-9,11-12,14,18-19H,7,10,13,15-17H2,1-4H3,(H,28,32). The maximum Gasteiger partial charge on any atom is 0.242 e. The Morgan fingerprint density at radius 1 is 1.08 bits per heavy atom. The van der Waals surface area contributed by atoms with Crippen LogP contribution in [0.4, 0.5) is 10.1 Å². The molecule has 0 saturated carbocycles. The molecule has 0 spiro atoms. The first kappa shape index (κ1) is 28.2. The van der Waals surface area contributed by atoms with E-state index in [-0.39, 0.29) is 56.0 Å². The fourth-order valence-corrected chi connectivity index (χ4v) is 4.85. The highest BCUT2D eigenvalue weighted by Crippen LogP contribution is 2.36. The molecule has 2 aromatic rings. The van der Waals surface area contributed by atoms with Gasteiger partial charge < -0.3 is 19.7 Å². The van der Waals surface area contributed by atoms with E-state index in [1.165, 1.54) is 15.3 Å². The molecule has 2 aromatic carbocycles. The van der Waals surface area contributed by atoms with Crippen molar-refractivity contribution in [3.8, 4) is 11.5 Å². The molecular weight excluding hydrogens is 501 g/mol. The van der Waals surface area contributed by atoms with Crippen LogP contribution in [0.25, 0.3) is 0 Å². The lowest BCUT2D eigenvalue weighted by molar-refractivity contribution is -0.140. The van der Waals surface area contributed by atoms with Gasteiger partial charge in [0, 0.05) is 37.7 Å². The van der Waals surface area contributed by atoms with Crippen LogP contribution >= 0.6 is 0 Å². The van der Waals surface area contributed by atoms with E-state index in [1.807, 2.05) is 13.8 Å². The van der Waals surface area contributed by atoms with Crippen LogP contribution in [0, 0.1) is 11.7 Å². The normalized spacial score (nSPS) is 13.4. The van der Waals surface area contributed by atoms with Gasteiger partial charge >= 0.3 is 0 Å². The number of hydrogen-bond donors (Lipinski definition) is 1. The van der Waals surface area contributed by atoms with E-state index in [4.69, 9.17) is 9.47 Å². The van der Waals surface area contributed by atoms with Gasteiger partial charge in [0.15, 0.2) is 11.5 Å². The van der Waals surface area contributed by atoms with E-state index < -0.39 is 21.9 Å². The Bertz CT molecular complexity index is 1220. The van der Waals surface area contributed by atoms with Gasteiger partial charge in [-0.3, -0.25) is 13.9 Å². The molecule has 2 amide bonds. The molecule has 0 saturated heterocycles. The van der Waals surface area contributed by atoms with Crippen molar-refractivity contribution in [3.05, 3.63) is 53.8 Å². The van der Waals surface area contributed by atoms with Crippen LogP contribution in [0.1, 0.15) is 39.2 Å². The maximum absolute atomic E-state index is 14.4. The van der Waals surface area contributed by atoms with Crippen molar-refractivity contribution in [1.82, 2.24) is 10.2 Å². The van der Waals surface area contributed by atoms with Gasteiger partial charge in [-0.25, -0.2) is 12.8 Å². The predicted molar refractivity (Wildman–Crippen MR) is 138 cm³/mol. The zero-order valence-corrected chi connectivity index (χ0v) is 22.4. The topological polar surface area (TPSA) is 105 Å². The maximum atomic E-state index is 14.4. The third-order valence-corrected chi connectivity index (χ3v) is 7.14. The van der Waals surface area contributed by atoms with Crippen LogP contribution in [-0.4, -0.2) is 57.3 Å². The molecule has 3 rings (SSSR count). The number of carbonyl (C=O) groups is 2. The highest BCUT2D eigenvalue weighted by molar-refractivity contribution is 7.92. The number of nitrogens with one attached hydrogen (secondary N) is 1. The Morgan fingerprint density at radius 2 is 1.78 bits per heavy atom. The minimum atomic E-state index is -3.65. The summed E-state index contributed by atoms with van der Waals surface area (Å²) in [6.45, 7) is 5.98. The highest BCUT2D eigenvalue weighted by Gasteiger charge is 2.28. The van der Waals surface area contributed by atoms with Crippen molar-refractivity contribution in [2.75, 3.05) is 30.4 Å². The third kappa shape index (κ3) is 7.58. The average Bonchev–Trinajstić information content (AvgIpc) is 3.31. The van der Waals surface area contributed by atoms with E-state index in [0.29, 0.717) is 23.7 Å². The summed E-state index contributed by atoms with van der Waals surface area (Å²) in [6.07, 6.45) is 1.24. The first-order valence-corrected chi connectivity index (χ1v) is 14.0. The number of carbonyl (C=O) groups excluding carboxylic acids is 2. The number of ether oxygens (including phenoxy) is 2. The van der Waals surface area contributed by atoms with Gasteiger partial charge in [0.05, 0.1) is 11.9 Å². The molecule has 1 aliphatic heterocycles. The second-order valence-corrected chi connectivity index (χ2v) is 11.3. The Balaban J connectivity index is 1.73. The zero-order chi connectivity index (χ0) is 27.2. The van der Waals surface area contributed by atoms with Crippen molar-refractivity contribution < 1.29 is 31.9 Å². The monoisotopic (exact) mass is 535 g/mol. The van der Waals surface area contributed by atoms with Crippen molar-refractivity contribution in [1.29, 1.82) is 0 Å². The summed E-state index contributed by atoms with van der Waals surface area (Å²) in [5, 5.41) is 2.82. The van der Waals surface area contributed by atoms with Gasteiger partial charge in [-0.05, 0) is 37.5 Å². The minimum absolute atomic E-state index is 0.0334. The van der Waals surface area contributed by atoms with Gasteiger partial charge in [0.2, 0.25) is 28.6 Å². The Morgan fingerprint density at radius 3 is 2.46 bits per heavy atom. The predicted octanol–water partition coefficient (Wildman–Crippen LogP) is 3.29. The number of nitrogens with zero attached hydrogens (tertiary/aromatic N) is 2. The summed E-state index contributed by atoms with van der Waals surface area (Å²) in [5.41, 5.74) is 0.682. The lowest BCUT2D eigenvalue weighted by Gasteiger charge is -2.29. The van der Waals surface area contributed by atoms with Gasteiger partial charge in [-0.1, -0.05) is 32.0 Å². The lowest BCUT2D eigenvalue weighted by Crippen LogP contribution is -2.48. The summed E-state index contributed by atoms with van der Waals surface area (Å²) < 4.78 is 51.2. The largest absolute Gasteiger partial charge is 0.454 e. The number of amides is 2. The summed E-state index contributed by atoms with van der Waals surface area (Å²) >= 11 is 0. The summed E-state index contributed by atoms with van der Waals surface area (Å²) in [5.74, 6) is 0.0118. The van der Waals surface area contributed by atoms with E-state index in [2.05, 4.69) is 5.32 Å². The van der Waals surface area contributed by atoms with Gasteiger partial charge in [-0.2, -0.15) is 0 Å². The number of sulfonamides is 1. The molecule has 0 aromatic heterocycles. The number of fused-ring (bicyclic) bond motifs is 1. The summed E-state index contributed by atoms with van der Waals surface area (Å²) in [4.78, 5) is 27.4. The van der Waals surface area contributed by atoms with Crippen molar-refractivity contribution in [2.24, 2.45) is 5.92 Å². The molecule has 1 heterocycles. The van der Waals surface area contributed by atoms with E-state index in [1.54, 1.807) is 43.3 Å². The van der Waals surface area contributed by atoms with Crippen molar-refractivity contribution in [3.63, 3.8) is 0 Å². The van der Waals surface area contributed by atoms with Gasteiger partial charge in [0.25, 0.3) is 0 Å². The number of benzene rings is 2. The molecule has 1 atom stereocenters. The quantitative estimate of drug-likeness (QED) is 0.447. The first-order chi connectivity index (χ1) is 17.5. The molecule has 0 aliphatic carbocycles. The summed E-state index contributed by atoms with van der Waals surface area (Å²) in [7, 11) is -3.65. The fraction of sp³-hybridized carbons (Fsp3) is 0.462. The number of anilines is 1. The molecule has 11 heteroatoms. The number of rotatable bonds is 12. The van der Waals surface area contributed by atoms with Crippen LogP contribution in [0.3, 0.4) is 0 Å². The lowest BCUT2D eigenvalue weighted by atomic mass is 10.1. The van der Waals surface area contributed by atoms with E-state index in [0.717, 1.165) is 6.26 Å². The average molecular weight is 536 g/mol. The number of hydrogen-bond acceptors (Lipinski definition) is 6. The van der Waals surface area contributed by atoms with Crippen LogP contribution in [0.5, 0.6) is 11.5 Å². The molecule has 9 nitrogen and oxygen atoms in total. The van der Waals surface area contributed by atoms with Crippen molar-refractivity contribution >= 4 is 27.5 Å². The van der Waals surface area contributed by atoms with Gasteiger partial charge in [0.1, 0.15) is 11.9 Å². The molecule has 0 radical (unpaired) electrons. The van der Waals surface area contributed by atoms with Crippen LogP contribution < -0.4 is 19.1 Å². The Labute approximate surface area is 217 Å². The molecular formula is C26H34FN3O6S. The van der Waals surface area contributed by atoms with Crippen LogP contribution in [0.2, 0.25) is 0 Å². The van der Waals surface area contributed by atoms with E-state index in [9.17, 15) is 22.4 Å². The second-order valence-electron chi connectivity index (χ2n) is 9.40. The molecule has 0 fully saturated rings. The fourth-order valence-electron chi connectivity index (χ4n) is 3.89. The number of halogens is 1. The third-order valence-electron chi connectivity index (χ3n) is 5.95. The van der Waals surface area contributed by atoms with E-state index >= 15 is 0 Å².